The number of halogens is 2. The van der Waals surface area contributed by atoms with Crippen LogP contribution in [0, 0.1) is 6.92 Å². The summed E-state index contributed by atoms with van der Waals surface area (Å²) in [6.45, 7) is 9.01. The molecule has 0 radical (unpaired) electrons. The lowest BCUT2D eigenvalue weighted by molar-refractivity contribution is 0.124. The number of carbonyl (C=O) groups excluding carboxylic acids is 1. The van der Waals surface area contributed by atoms with E-state index in [2.05, 4.69) is 38.6 Å². The van der Waals surface area contributed by atoms with Crippen LogP contribution in [0.15, 0.2) is 79.5 Å². The average molecular weight is 637 g/mol. The number of rotatable bonds is 11. The molecule has 9 nitrogen and oxygen atoms in total. The maximum absolute atomic E-state index is 13.1. The largest absolute Gasteiger partial charge is 0.457 e. The summed E-state index contributed by atoms with van der Waals surface area (Å²) in [5, 5.41) is 3.00. The molecular weight excluding hydrogens is 597 g/mol. The summed E-state index contributed by atoms with van der Waals surface area (Å²) in [4.78, 5) is 21.7. The van der Waals surface area contributed by atoms with Crippen molar-refractivity contribution >= 4 is 52.2 Å². The van der Waals surface area contributed by atoms with Crippen LogP contribution in [-0.2, 0) is 16.6 Å². The summed E-state index contributed by atoms with van der Waals surface area (Å²) in [5.41, 5.74) is 3.28. The summed E-state index contributed by atoms with van der Waals surface area (Å²) in [7, 11) is -3.31. The number of ether oxygens (including phenoxy) is 1. The van der Waals surface area contributed by atoms with E-state index in [0.717, 1.165) is 50.8 Å². The van der Waals surface area contributed by atoms with Crippen LogP contribution in [0.1, 0.15) is 30.5 Å². The number of aromatic nitrogens is 1. The van der Waals surface area contributed by atoms with Gasteiger partial charge in [0.05, 0.1) is 18.1 Å². The fourth-order valence-corrected chi connectivity index (χ4v) is 5.23. The SMILES string of the molecule is C=CCCN(C(=O)Nc1ccc(C)nc1)C1CCN(Cc2ccc(Oc3ccc(NS(C)(=O)=O)cc3)cc2)CC1.Cl.Cl. The van der Waals surface area contributed by atoms with Gasteiger partial charge in [0.1, 0.15) is 11.5 Å². The third-order valence-electron chi connectivity index (χ3n) is 6.72. The normalized spacial score (nSPS) is 13.7. The van der Waals surface area contributed by atoms with Crippen molar-refractivity contribution in [2.45, 2.75) is 38.8 Å². The number of sulfonamides is 1. The maximum Gasteiger partial charge on any atom is 0.322 e. The van der Waals surface area contributed by atoms with Crippen molar-refractivity contribution in [2.24, 2.45) is 0 Å². The van der Waals surface area contributed by atoms with Crippen molar-refractivity contribution in [1.82, 2.24) is 14.8 Å². The molecule has 1 saturated heterocycles. The molecule has 0 atom stereocenters. The van der Waals surface area contributed by atoms with E-state index < -0.39 is 10.0 Å². The highest BCUT2D eigenvalue weighted by Gasteiger charge is 2.27. The number of hydrogen-bond acceptors (Lipinski definition) is 6. The van der Waals surface area contributed by atoms with E-state index in [1.54, 1.807) is 30.5 Å². The van der Waals surface area contributed by atoms with Gasteiger partial charge in [-0.2, -0.15) is 0 Å². The number of piperidine rings is 1. The average Bonchev–Trinajstić information content (AvgIpc) is 2.92. The molecule has 0 saturated carbocycles. The number of hydrogen-bond donors (Lipinski definition) is 2. The highest BCUT2D eigenvalue weighted by Crippen LogP contribution is 2.25. The van der Waals surface area contributed by atoms with Crippen LogP contribution in [0.2, 0.25) is 0 Å². The summed E-state index contributed by atoms with van der Waals surface area (Å²) in [6.07, 6.45) is 7.21. The first kappa shape index (κ1) is 34.9. The molecule has 1 aromatic heterocycles. The van der Waals surface area contributed by atoms with E-state index in [0.29, 0.717) is 29.4 Å². The number of pyridine rings is 1. The van der Waals surface area contributed by atoms with Gasteiger partial charge in [-0.25, -0.2) is 13.2 Å². The van der Waals surface area contributed by atoms with Crippen molar-refractivity contribution in [3.05, 3.63) is 90.8 Å². The van der Waals surface area contributed by atoms with Gasteiger partial charge < -0.3 is 15.0 Å². The molecule has 2 amide bonds. The van der Waals surface area contributed by atoms with E-state index in [1.807, 2.05) is 42.2 Å². The number of carbonyl (C=O) groups is 1. The summed E-state index contributed by atoms with van der Waals surface area (Å²) >= 11 is 0. The van der Waals surface area contributed by atoms with Crippen molar-refractivity contribution in [1.29, 1.82) is 0 Å². The van der Waals surface area contributed by atoms with Crippen molar-refractivity contribution in [3.8, 4) is 11.5 Å². The monoisotopic (exact) mass is 635 g/mol. The number of aryl methyl sites for hydroxylation is 1. The number of likely N-dealkylation sites (tertiary alicyclic amines) is 1. The Balaban J connectivity index is 0.00000308. The predicted octanol–water partition coefficient (Wildman–Crippen LogP) is 6.47. The van der Waals surface area contributed by atoms with Crippen LogP contribution >= 0.6 is 24.8 Å². The molecule has 1 aliphatic rings. The number of amides is 2. The Morgan fingerprint density at radius 2 is 1.62 bits per heavy atom. The summed E-state index contributed by atoms with van der Waals surface area (Å²) in [5.74, 6) is 1.33. The molecule has 2 N–H and O–H groups in total. The van der Waals surface area contributed by atoms with Gasteiger partial charge in [0, 0.05) is 43.6 Å². The number of anilines is 2. The topological polar surface area (TPSA) is 104 Å². The van der Waals surface area contributed by atoms with E-state index in [4.69, 9.17) is 4.74 Å². The minimum Gasteiger partial charge on any atom is -0.457 e. The van der Waals surface area contributed by atoms with Gasteiger partial charge in [0.2, 0.25) is 10.0 Å². The second-order valence-electron chi connectivity index (χ2n) is 10.0. The first-order valence-electron chi connectivity index (χ1n) is 13.4. The molecule has 1 aliphatic heterocycles. The van der Waals surface area contributed by atoms with Crippen LogP contribution in [0.3, 0.4) is 0 Å². The third kappa shape index (κ3) is 10.8. The number of benzene rings is 2. The van der Waals surface area contributed by atoms with Crippen LogP contribution in [0.5, 0.6) is 11.5 Å². The standard InChI is InChI=1S/C30H37N5O4S.2ClH/c1-4-5-18-35(30(36)32-26-9-6-23(2)31-21-26)27-16-19-34(20-17-27)22-24-7-12-28(13-8-24)39-29-14-10-25(11-15-29)33-40(3,37)38;;/h4,6-15,21,27,33H,1,5,16-20,22H2,2-3H3,(H,32,36);2*1H. The lowest BCUT2D eigenvalue weighted by atomic mass is 10.0. The molecule has 2 aromatic carbocycles. The summed E-state index contributed by atoms with van der Waals surface area (Å²) < 4.78 is 31.1. The first-order valence-corrected chi connectivity index (χ1v) is 15.3. The molecule has 2 heterocycles. The minimum atomic E-state index is -3.31. The number of nitrogens with zero attached hydrogens (tertiary/aromatic N) is 3. The van der Waals surface area contributed by atoms with Crippen LogP contribution < -0.4 is 14.8 Å². The highest BCUT2D eigenvalue weighted by atomic mass is 35.5. The Bertz CT molecular complexity index is 1380. The Morgan fingerprint density at radius 1 is 1.02 bits per heavy atom. The van der Waals surface area contributed by atoms with E-state index in [1.165, 1.54) is 5.56 Å². The molecule has 1 fully saturated rings. The molecular formula is C30H39Cl2N5O4S. The second kappa shape index (κ2) is 16.4. The fraction of sp³-hybridized carbons (Fsp3) is 0.333. The molecule has 0 bridgehead atoms. The minimum absolute atomic E-state index is 0. The molecule has 0 unspecified atom stereocenters. The Morgan fingerprint density at radius 3 is 2.17 bits per heavy atom. The van der Waals surface area contributed by atoms with Crippen LogP contribution in [0.25, 0.3) is 0 Å². The molecule has 3 aromatic rings. The molecule has 0 aliphatic carbocycles. The lowest BCUT2D eigenvalue weighted by Gasteiger charge is -2.38. The fourth-order valence-electron chi connectivity index (χ4n) is 4.67. The Kier molecular flexibility index (Phi) is 13.6. The zero-order valence-corrected chi connectivity index (χ0v) is 26.3. The quantitative estimate of drug-likeness (QED) is 0.234. The van der Waals surface area contributed by atoms with Gasteiger partial charge in [-0.05, 0) is 80.3 Å². The summed E-state index contributed by atoms with van der Waals surface area (Å²) in [6, 6.07) is 18.6. The van der Waals surface area contributed by atoms with Crippen LogP contribution in [0.4, 0.5) is 16.2 Å². The van der Waals surface area contributed by atoms with Gasteiger partial charge in [0.25, 0.3) is 0 Å². The first-order chi connectivity index (χ1) is 19.2. The Labute approximate surface area is 261 Å². The smallest absolute Gasteiger partial charge is 0.322 e. The number of nitrogens with one attached hydrogen (secondary N) is 2. The van der Waals surface area contributed by atoms with Gasteiger partial charge in [-0.15, -0.1) is 31.4 Å². The van der Waals surface area contributed by atoms with E-state index in [9.17, 15) is 13.2 Å². The molecule has 42 heavy (non-hydrogen) atoms. The van der Waals surface area contributed by atoms with Gasteiger partial charge in [-0.1, -0.05) is 18.2 Å². The zero-order valence-electron chi connectivity index (χ0n) is 23.9. The lowest BCUT2D eigenvalue weighted by Crippen LogP contribution is -2.49. The van der Waals surface area contributed by atoms with Crippen molar-refractivity contribution in [3.63, 3.8) is 0 Å². The second-order valence-corrected chi connectivity index (χ2v) is 11.8. The third-order valence-corrected chi connectivity index (χ3v) is 7.32. The van der Waals surface area contributed by atoms with E-state index >= 15 is 0 Å². The molecule has 0 spiro atoms. The Hall–Kier alpha value is -3.31. The van der Waals surface area contributed by atoms with Crippen LogP contribution in [-0.4, -0.2) is 61.2 Å². The molecule has 12 heteroatoms. The highest BCUT2D eigenvalue weighted by molar-refractivity contribution is 7.92. The van der Waals surface area contributed by atoms with Gasteiger partial charge in [0.15, 0.2) is 0 Å². The van der Waals surface area contributed by atoms with Crippen molar-refractivity contribution < 1.29 is 17.9 Å². The van der Waals surface area contributed by atoms with E-state index in [-0.39, 0.29) is 36.9 Å². The van der Waals surface area contributed by atoms with Gasteiger partial charge in [-0.3, -0.25) is 14.6 Å². The van der Waals surface area contributed by atoms with Gasteiger partial charge >= 0.3 is 6.03 Å². The molecule has 4 rings (SSSR count). The maximum atomic E-state index is 13.1. The number of urea groups is 1. The van der Waals surface area contributed by atoms with Crippen molar-refractivity contribution in [2.75, 3.05) is 35.9 Å². The zero-order chi connectivity index (χ0) is 28.5. The molecule has 228 valence electrons. The predicted molar refractivity (Wildman–Crippen MR) is 174 cm³/mol.